The average Bonchev–Trinajstić information content (AvgIpc) is 2.59. The minimum atomic E-state index is -0.790. The summed E-state index contributed by atoms with van der Waals surface area (Å²) in [5.74, 6) is 1.51. The molecule has 116 valence electrons. The molecule has 2 rings (SSSR count). The van der Waals surface area contributed by atoms with Crippen molar-refractivity contribution in [1.29, 1.82) is 0 Å². The van der Waals surface area contributed by atoms with Crippen molar-refractivity contribution in [2.24, 2.45) is 0 Å². The normalized spacial score (nSPS) is 12.2. The molecule has 5 heteroatoms. The van der Waals surface area contributed by atoms with Gasteiger partial charge in [0.1, 0.15) is 0 Å². The van der Waals surface area contributed by atoms with Gasteiger partial charge in [0.2, 0.25) is 5.75 Å². The second-order valence-corrected chi connectivity index (χ2v) is 4.54. The molecule has 0 saturated carbocycles. The molecule has 0 aliphatic rings. The fraction of sp³-hybridized carbons (Fsp3) is 0.235. The summed E-state index contributed by atoms with van der Waals surface area (Å²) in [6.45, 7) is 0. The summed E-state index contributed by atoms with van der Waals surface area (Å²) in [4.78, 5) is 3.95. The van der Waals surface area contributed by atoms with Crippen LogP contribution in [0.25, 0.3) is 6.08 Å². The summed E-state index contributed by atoms with van der Waals surface area (Å²) in [6.07, 6.45) is 6.13. The lowest BCUT2D eigenvalue weighted by molar-refractivity contribution is 0.227. The van der Waals surface area contributed by atoms with Crippen LogP contribution in [0.1, 0.15) is 17.2 Å². The second-order valence-electron chi connectivity index (χ2n) is 4.54. The predicted octanol–water partition coefficient (Wildman–Crippen LogP) is 2.85. The minimum Gasteiger partial charge on any atom is -0.493 e. The molecule has 0 saturated heterocycles. The lowest BCUT2D eigenvalue weighted by Gasteiger charge is -2.15. The van der Waals surface area contributed by atoms with Gasteiger partial charge in [0.25, 0.3) is 0 Å². The highest BCUT2D eigenvalue weighted by molar-refractivity contribution is 5.56. The monoisotopic (exact) mass is 301 g/mol. The molecule has 0 aliphatic carbocycles. The molecular weight excluding hydrogens is 282 g/mol. The van der Waals surface area contributed by atoms with Crippen LogP contribution in [0.15, 0.2) is 42.7 Å². The Labute approximate surface area is 129 Å². The molecule has 1 aromatic heterocycles. The van der Waals surface area contributed by atoms with Gasteiger partial charge in [-0.2, -0.15) is 0 Å². The van der Waals surface area contributed by atoms with Crippen LogP contribution in [0.5, 0.6) is 17.2 Å². The van der Waals surface area contributed by atoms with Gasteiger partial charge in [-0.3, -0.25) is 4.98 Å². The Morgan fingerprint density at radius 2 is 1.59 bits per heavy atom. The number of hydrogen-bond acceptors (Lipinski definition) is 5. The molecule has 0 amide bonds. The molecule has 1 N–H and O–H groups in total. The van der Waals surface area contributed by atoms with Crippen LogP contribution in [0.2, 0.25) is 0 Å². The first-order chi connectivity index (χ1) is 10.7. The number of aliphatic hydroxyl groups excluding tert-OH is 1. The third-order valence-corrected chi connectivity index (χ3v) is 3.21. The highest BCUT2D eigenvalue weighted by Crippen LogP contribution is 2.39. The summed E-state index contributed by atoms with van der Waals surface area (Å²) >= 11 is 0. The van der Waals surface area contributed by atoms with Crippen molar-refractivity contribution in [3.05, 3.63) is 53.9 Å². The molecule has 0 aliphatic heterocycles. The van der Waals surface area contributed by atoms with Crippen molar-refractivity contribution in [2.75, 3.05) is 21.3 Å². The quantitative estimate of drug-likeness (QED) is 0.889. The zero-order chi connectivity index (χ0) is 15.9. The molecule has 0 spiro atoms. The number of hydrogen-bond donors (Lipinski definition) is 1. The molecule has 5 nitrogen and oxygen atoms in total. The Balaban J connectivity index is 2.29. The van der Waals surface area contributed by atoms with Gasteiger partial charge in [-0.1, -0.05) is 12.2 Å². The van der Waals surface area contributed by atoms with Crippen molar-refractivity contribution in [2.45, 2.75) is 6.10 Å². The summed E-state index contributed by atoms with van der Waals surface area (Å²) in [5.41, 5.74) is 1.61. The molecule has 1 atom stereocenters. The Hall–Kier alpha value is -2.53. The number of ether oxygens (including phenoxy) is 3. The van der Waals surface area contributed by atoms with Gasteiger partial charge in [-0.05, 0) is 35.4 Å². The molecular formula is C17H19NO4. The van der Waals surface area contributed by atoms with E-state index >= 15 is 0 Å². The van der Waals surface area contributed by atoms with Gasteiger partial charge in [-0.15, -0.1) is 0 Å². The van der Waals surface area contributed by atoms with Crippen LogP contribution in [-0.2, 0) is 0 Å². The number of benzene rings is 1. The van der Waals surface area contributed by atoms with Gasteiger partial charge >= 0.3 is 0 Å². The van der Waals surface area contributed by atoms with Crippen molar-refractivity contribution in [1.82, 2.24) is 4.98 Å². The van der Waals surface area contributed by atoms with Crippen LogP contribution < -0.4 is 14.2 Å². The first-order valence-corrected chi connectivity index (χ1v) is 6.75. The standard InChI is InChI=1S/C17H19NO4/c1-20-15-10-13(11-16(21-2)17(15)22-3)14(19)5-4-12-6-8-18-9-7-12/h4-11,14,19H,1-3H3/b5-4+/t14-/m1/s1. The summed E-state index contributed by atoms with van der Waals surface area (Å²) in [7, 11) is 4.63. The van der Waals surface area contributed by atoms with Gasteiger partial charge in [0, 0.05) is 12.4 Å². The van der Waals surface area contributed by atoms with Crippen LogP contribution in [-0.4, -0.2) is 31.4 Å². The summed E-state index contributed by atoms with van der Waals surface area (Å²) in [6, 6.07) is 7.17. The van der Waals surface area contributed by atoms with E-state index in [1.807, 2.05) is 18.2 Å². The van der Waals surface area contributed by atoms with E-state index in [0.29, 0.717) is 22.8 Å². The van der Waals surface area contributed by atoms with E-state index in [1.54, 1.807) is 51.9 Å². The summed E-state index contributed by atoms with van der Waals surface area (Å²) in [5, 5.41) is 10.3. The Morgan fingerprint density at radius 3 is 2.09 bits per heavy atom. The van der Waals surface area contributed by atoms with Crippen molar-refractivity contribution < 1.29 is 19.3 Å². The largest absolute Gasteiger partial charge is 0.493 e. The summed E-state index contributed by atoms with van der Waals surface area (Å²) < 4.78 is 15.8. The molecule has 0 fully saturated rings. The van der Waals surface area contributed by atoms with Crippen LogP contribution in [0, 0.1) is 0 Å². The first-order valence-electron chi connectivity index (χ1n) is 6.75. The maximum Gasteiger partial charge on any atom is 0.203 e. The molecule has 0 unspecified atom stereocenters. The van der Waals surface area contributed by atoms with Gasteiger partial charge in [-0.25, -0.2) is 0 Å². The van der Waals surface area contributed by atoms with Crippen LogP contribution >= 0.6 is 0 Å². The third kappa shape index (κ3) is 3.56. The van der Waals surface area contributed by atoms with E-state index in [-0.39, 0.29) is 0 Å². The zero-order valence-corrected chi connectivity index (χ0v) is 12.8. The lowest BCUT2D eigenvalue weighted by atomic mass is 10.1. The van der Waals surface area contributed by atoms with Gasteiger partial charge in [0.05, 0.1) is 27.4 Å². The van der Waals surface area contributed by atoms with Crippen LogP contribution in [0.3, 0.4) is 0 Å². The maximum absolute atomic E-state index is 10.3. The smallest absolute Gasteiger partial charge is 0.203 e. The highest BCUT2D eigenvalue weighted by Gasteiger charge is 2.15. The van der Waals surface area contributed by atoms with Gasteiger partial charge in [0.15, 0.2) is 11.5 Å². The fourth-order valence-corrected chi connectivity index (χ4v) is 2.06. The predicted molar refractivity (Wildman–Crippen MR) is 84.3 cm³/mol. The first kappa shape index (κ1) is 15.9. The molecule has 0 bridgehead atoms. The number of rotatable bonds is 6. The maximum atomic E-state index is 10.3. The van der Waals surface area contributed by atoms with Crippen molar-refractivity contribution >= 4 is 6.08 Å². The fourth-order valence-electron chi connectivity index (χ4n) is 2.06. The molecule has 0 radical (unpaired) electrons. The van der Waals surface area contributed by atoms with E-state index in [2.05, 4.69) is 4.98 Å². The molecule has 22 heavy (non-hydrogen) atoms. The lowest BCUT2D eigenvalue weighted by Crippen LogP contribution is -1.99. The number of aromatic nitrogens is 1. The molecule has 1 aromatic carbocycles. The van der Waals surface area contributed by atoms with E-state index < -0.39 is 6.10 Å². The Morgan fingerprint density at radius 1 is 1.00 bits per heavy atom. The SMILES string of the molecule is COc1cc([C@H](O)/C=C/c2ccncc2)cc(OC)c1OC. The zero-order valence-electron chi connectivity index (χ0n) is 12.8. The second kappa shape index (κ2) is 7.47. The topological polar surface area (TPSA) is 60.8 Å². The minimum absolute atomic E-state index is 0.499. The Kier molecular flexibility index (Phi) is 5.38. The molecule has 1 heterocycles. The number of nitrogens with zero attached hydrogens (tertiary/aromatic N) is 1. The van der Waals surface area contributed by atoms with E-state index in [0.717, 1.165) is 5.56 Å². The van der Waals surface area contributed by atoms with Crippen molar-refractivity contribution in [3.63, 3.8) is 0 Å². The average molecular weight is 301 g/mol. The van der Waals surface area contributed by atoms with Crippen LogP contribution in [0.4, 0.5) is 0 Å². The number of methoxy groups -OCH3 is 3. The number of aliphatic hydroxyl groups is 1. The van der Waals surface area contributed by atoms with E-state index in [9.17, 15) is 5.11 Å². The van der Waals surface area contributed by atoms with E-state index in [1.165, 1.54) is 0 Å². The number of pyridine rings is 1. The Bertz CT molecular complexity index is 615. The molecule has 2 aromatic rings. The van der Waals surface area contributed by atoms with E-state index in [4.69, 9.17) is 14.2 Å². The van der Waals surface area contributed by atoms with Gasteiger partial charge < -0.3 is 19.3 Å². The highest BCUT2D eigenvalue weighted by atomic mass is 16.5. The van der Waals surface area contributed by atoms with Crippen molar-refractivity contribution in [3.8, 4) is 17.2 Å². The third-order valence-electron chi connectivity index (χ3n) is 3.21.